The number of fused-ring (bicyclic) bond motifs is 6. The number of carbonyl (C=O) groups excluding carboxylic acids is 5. The van der Waals surface area contributed by atoms with Gasteiger partial charge in [-0.2, -0.15) is 5.10 Å². The fraction of sp³-hybridized carbons (Fsp3) is 0.300. The number of hydrazone groups is 1. The maximum Gasteiger partial charge on any atom is 0.467 e. The number of aromatic nitrogens is 2. The highest BCUT2D eigenvalue weighted by molar-refractivity contribution is 6.65. The van der Waals surface area contributed by atoms with Crippen molar-refractivity contribution in [2.75, 3.05) is 19.6 Å². The molecular formula is C40H37BN6O10. The van der Waals surface area contributed by atoms with E-state index in [1.54, 1.807) is 54.0 Å². The Kier molecular flexibility index (Phi) is 9.47. The number of amides is 3. The van der Waals surface area contributed by atoms with Gasteiger partial charge in [-0.25, -0.2) is 9.78 Å². The third-order valence-corrected chi connectivity index (χ3v) is 10.9. The Morgan fingerprint density at radius 2 is 1.82 bits per heavy atom. The number of benzene rings is 2. The Morgan fingerprint density at radius 1 is 1.04 bits per heavy atom. The van der Waals surface area contributed by atoms with Crippen LogP contribution in [0.2, 0.25) is 0 Å². The first kappa shape index (κ1) is 37.3. The van der Waals surface area contributed by atoms with E-state index in [-0.39, 0.29) is 61.9 Å². The number of esters is 2. The minimum atomic E-state index is -1.96. The molecule has 57 heavy (non-hydrogen) atoms. The highest BCUT2D eigenvalue weighted by atomic mass is 16.6. The predicted octanol–water partition coefficient (Wildman–Crippen LogP) is 0.910. The molecule has 6 heterocycles. The van der Waals surface area contributed by atoms with E-state index >= 15 is 0 Å². The summed E-state index contributed by atoms with van der Waals surface area (Å²) < 4.78 is 13.0. The topological polar surface area (TPSA) is 210 Å². The molecule has 4 aliphatic rings. The van der Waals surface area contributed by atoms with E-state index < -0.39 is 48.5 Å². The Hall–Kier alpha value is -6.62. The average molecular weight is 773 g/mol. The van der Waals surface area contributed by atoms with Crippen LogP contribution in [0.3, 0.4) is 0 Å². The second kappa shape index (κ2) is 14.5. The minimum Gasteiger partial charge on any atom is -0.508 e. The first-order valence-electron chi connectivity index (χ1n) is 18.6. The number of carbonyl (C=O) groups is 5. The summed E-state index contributed by atoms with van der Waals surface area (Å²) in [6.07, 6.45) is 4.93. The van der Waals surface area contributed by atoms with Gasteiger partial charge in [-0.1, -0.05) is 32.0 Å². The first-order chi connectivity index (χ1) is 27.4. The molecule has 0 fully saturated rings. The third-order valence-electron chi connectivity index (χ3n) is 10.9. The largest absolute Gasteiger partial charge is 0.508 e. The summed E-state index contributed by atoms with van der Waals surface area (Å²) in [6.45, 7) is 3.24. The second-order valence-electron chi connectivity index (χ2n) is 14.2. The maximum absolute atomic E-state index is 14.1. The maximum atomic E-state index is 14.1. The van der Waals surface area contributed by atoms with Gasteiger partial charge in [-0.05, 0) is 65.7 Å². The number of nitrogens with one attached hydrogen (secondary N) is 1. The number of imide groups is 1. The molecule has 2 aromatic carbocycles. The van der Waals surface area contributed by atoms with E-state index in [2.05, 4.69) is 10.4 Å². The smallest absolute Gasteiger partial charge is 0.467 e. The Balaban J connectivity index is 0.970. The molecule has 0 spiro atoms. The van der Waals surface area contributed by atoms with Crippen molar-refractivity contribution in [2.24, 2.45) is 5.10 Å². The number of rotatable bonds is 11. The van der Waals surface area contributed by atoms with E-state index in [1.807, 2.05) is 6.92 Å². The van der Waals surface area contributed by atoms with Crippen LogP contribution in [0.1, 0.15) is 60.1 Å². The molecule has 0 bridgehead atoms. The van der Waals surface area contributed by atoms with Crippen molar-refractivity contribution in [3.8, 4) is 17.1 Å². The van der Waals surface area contributed by atoms with Crippen molar-refractivity contribution in [2.45, 2.75) is 58.3 Å². The van der Waals surface area contributed by atoms with Crippen molar-refractivity contribution in [1.82, 2.24) is 24.7 Å². The fourth-order valence-electron chi connectivity index (χ4n) is 7.99. The number of phenols is 1. The van der Waals surface area contributed by atoms with Crippen molar-refractivity contribution in [1.29, 1.82) is 0 Å². The van der Waals surface area contributed by atoms with Gasteiger partial charge in [0.25, 0.3) is 17.4 Å². The molecule has 2 aromatic heterocycles. The molecule has 3 N–H and O–H groups in total. The van der Waals surface area contributed by atoms with Gasteiger partial charge in [-0.3, -0.25) is 33.8 Å². The lowest BCUT2D eigenvalue weighted by molar-refractivity contribution is -0.189. The minimum absolute atomic E-state index is 0.0459. The molecule has 16 nitrogen and oxygen atoms in total. The average Bonchev–Trinajstić information content (AvgIpc) is 3.73. The number of nitrogens with zero attached hydrogens (tertiary/aromatic N) is 5. The lowest BCUT2D eigenvalue weighted by Gasteiger charge is -2.36. The molecule has 8 rings (SSSR count). The summed E-state index contributed by atoms with van der Waals surface area (Å²) in [4.78, 5) is 84.1. The molecule has 0 saturated carbocycles. The molecule has 1 atom stereocenters. The zero-order chi connectivity index (χ0) is 40.2. The summed E-state index contributed by atoms with van der Waals surface area (Å²) in [5.41, 5.74) is 3.33. The number of phenolic OH excluding ortho intramolecular Hbond substituents is 1. The lowest BCUT2D eigenvalue weighted by atomic mass is 9.69. The van der Waals surface area contributed by atoms with Gasteiger partial charge in [0, 0.05) is 48.2 Å². The Morgan fingerprint density at radius 3 is 2.58 bits per heavy atom. The van der Waals surface area contributed by atoms with Crippen molar-refractivity contribution < 1.29 is 43.6 Å². The van der Waals surface area contributed by atoms with E-state index in [0.29, 0.717) is 40.8 Å². The van der Waals surface area contributed by atoms with Crippen LogP contribution in [0.5, 0.6) is 5.75 Å². The zero-order valence-electron chi connectivity index (χ0n) is 31.1. The van der Waals surface area contributed by atoms with Crippen LogP contribution in [0.25, 0.3) is 22.3 Å². The monoisotopic (exact) mass is 772 g/mol. The van der Waals surface area contributed by atoms with E-state index in [1.165, 1.54) is 18.4 Å². The quantitative estimate of drug-likeness (QED) is 0.0973. The number of hydrogen-bond acceptors (Lipinski definition) is 13. The number of cyclic esters (lactones) is 1. The van der Waals surface area contributed by atoms with Gasteiger partial charge in [0.15, 0.2) is 0 Å². The number of ether oxygens (including phenoxy) is 2. The highest BCUT2D eigenvalue weighted by Crippen LogP contribution is 2.42. The highest BCUT2D eigenvalue weighted by Gasteiger charge is 2.51. The van der Waals surface area contributed by atoms with Crippen LogP contribution in [0.15, 0.2) is 64.5 Å². The number of aromatic hydroxyl groups is 1. The Bertz CT molecular complexity index is 2530. The number of pyridine rings is 2. The summed E-state index contributed by atoms with van der Waals surface area (Å²) >= 11 is 0. The van der Waals surface area contributed by atoms with Crippen LogP contribution in [-0.4, -0.2) is 92.1 Å². The number of hydrogen-bond donors (Lipinski definition) is 3. The Labute approximate surface area is 325 Å². The van der Waals surface area contributed by atoms with Crippen LogP contribution in [0, 0.1) is 0 Å². The molecule has 17 heteroatoms. The molecule has 290 valence electrons. The van der Waals surface area contributed by atoms with E-state index in [4.69, 9.17) is 14.5 Å². The summed E-state index contributed by atoms with van der Waals surface area (Å²) in [5.74, 6) is -2.70. The van der Waals surface area contributed by atoms with Gasteiger partial charge >= 0.3 is 19.0 Å². The predicted molar refractivity (Wildman–Crippen MR) is 205 cm³/mol. The van der Waals surface area contributed by atoms with Gasteiger partial charge in [0.1, 0.15) is 18.9 Å². The molecule has 4 aromatic rings. The van der Waals surface area contributed by atoms with Crippen LogP contribution >= 0.6 is 0 Å². The lowest BCUT2D eigenvalue weighted by Crippen LogP contribution is -2.53. The van der Waals surface area contributed by atoms with Crippen molar-refractivity contribution >= 4 is 59.3 Å². The van der Waals surface area contributed by atoms with Crippen LogP contribution < -0.4 is 16.3 Å². The van der Waals surface area contributed by atoms with Crippen LogP contribution in [0.4, 0.5) is 0 Å². The first-order valence-corrected chi connectivity index (χ1v) is 18.6. The molecule has 0 saturated heterocycles. The molecule has 0 aliphatic carbocycles. The SMILES string of the molecule is CCc1c2c(nc3ccc(O)cc13)-c1cc3c(c(=O)n1C2)COC(=O)C3(CC)OC(=O)CN1N=Cc2cc(CCC(=O)NCCN3C(=O)C=CC3=O)ccc2B1O. The van der Waals surface area contributed by atoms with Crippen molar-refractivity contribution in [3.05, 3.63) is 98.4 Å². The summed E-state index contributed by atoms with van der Waals surface area (Å²) in [6, 6.07) is 11.8. The summed E-state index contributed by atoms with van der Waals surface area (Å²) in [5, 5.41) is 29.2. The zero-order valence-corrected chi connectivity index (χ0v) is 31.1. The second-order valence-corrected chi connectivity index (χ2v) is 14.2. The fourth-order valence-corrected chi connectivity index (χ4v) is 7.99. The third kappa shape index (κ3) is 6.42. The number of aryl methyl sites for hydroxylation is 2. The van der Waals surface area contributed by atoms with Gasteiger partial charge in [-0.15, -0.1) is 0 Å². The van der Waals surface area contributed by atoms with Gasteiger partial charge in [0.2, 0.25) is 11.5 Å². The van der Waals surface area contributed by atoms with Crippen molar-refractivity contribution in [3.63, 3.8) is 0 Å². The standard InChI is InChI=1S/C40H37BN6O10/c1-3-25-26-16-24(48)7-9-31(26)44-37-27(25)19-46-32(37)17-29-28(38(46)53)21-56-39(54)40(29,4-2)57-36(52)20-47-41(55)30-8-5-22(15-23(30)18-43-47)6-10-33(49)42-13-14-45-34(50)11-12-35(45)51/h5,7-9,11-12,15-18,48,55H,3-4,6,10,13-14,19-21H2,1-2H3,(H,42,49). The molecule has 1 unspecified atom stereocenters. The van der Waals surface area contributed by atoms with Gasteiger partial charge in [0.05, 0.1) is 35.2 Å². The molecule has 0 radical (unpaired) electrons. The van der Waals surface area contributed by atoms with Crippen LogP contribution in [-0.2, 0) is 65.0 Å². The molecule has 3 amide bonds. The van der Waals surface area contributed by atoms with E-state index in [0.717, 1.165) is 31.9 Å². The molecule has 4 aliphatic heterocycles. The summed E-state index contributed by atoms with van der Waals surface area (Å²) in [7, 11) is -1.34. The normalized spacial score (nSPS) is 17.7. The van der Waals surface area contributed by atoms with Gasteiger partial charge < -0.3 is 29.5 Å². The van der Waals surface area contributed by atoms with E-state index in [9.17, 15) is 38.9 Å². The molecular weight excluding hydrogens is 735 g/mol.